The van der Waals surface area contributed by atoms with Gasteiger partial charge in [0.15, 0.2) is 5.78 Å². The highest BCUT2D eigenvalue weighted by atomic mass is 32.2. The first-order valence-corrected chi connectivity index (χ1v) is 6.26. The molecule has 0 bridgehead atoms. The highest BCUT2D eigenvalue weighted by molar-refractivity contribution is 8.00. The summed E-state index contributed by atoms with van der Waals surface area (Å²) in [6, 6.07) is 0. The van der Waals surface area contributed by atoms with E-state index in [9.17, 15) is 14.4 Å². The van der Waals surface area contributed by atoms with E-state index >= 15 is 0 Å². The van der Waals surface area contributed by atoms with Crippen molar-refractivity contribution in [3.8, 4) is 0 Å². The number of amides is 1. The molecule has 0 aromatic carbocycles. The number of rotatable bonds is 4. The first kappa shape index (κ1) is 14.4. The van der Waals surface area contributed by atoms with Crippen LogP contribution in [0, 0.1) is 6.92 Å². The zero-order valence-corrected chi connectivity index (χ0v) is 11.6. The minimum atomic E-state index is -0.516. The van der Waals surface area contributed by atoms with Crippen molar-refractivity contribution in [2.75, 3.05) is 19.8 Å². The lowest BCUT2D eigenvalue weighted by Crippen LogP contribution is -2.24. The largest absolute Gasteiger partial charge is 0.348 e. The lowest BCUT2D eigenvalue weighted by molar-refractivity contribution is -0.125. The summed E-state index contributed by atoms with van der Waals surface area (Å²) in [7, 11) is 3.29. The predicted molar refractivity (Wildman–Crippen MR) is 69.0 cm³/mol. The maximum absolute atomic E-state index is 11.5. The van der Waals surface area contributed by atoms with Crippen molar-refractivity contribution in [1.82, 2.24) is 14.9 Å². The molecule has 0 unspecified atom stereocenters. The maximum atomic E-state index is 11.5. The number of hydrogen-bond acceptors (Lipinski definition) is 5. The molecule has 6 nitrogen and oxygen atoms in total. The van der Waals surface area contributed by atoms with Gasteiger partial charge in [-0.05, 0) is 13.8 Å². The number of H-pyrrole nitrogens is 1. The fourth-order valence-corrected chi connectivity index (χ4v) is 2.44. The number of aromatic nitrogens is 2. The molecule has 0 fully saturated rings. The molecule has 0 saturated heterocycles. The van der Waals surface area contributed by atoms with Crippen LogP contribution in [-0.2, 0) is 4.79 Å². The molecule has 1 aromatic rings. The summed E-state index contributed by atoms with van der Waals surface area (Å²) in [5.41, 5.74) is 0.325. The Bertz CT molecular complexity index is 537. The van der Waals surface area contributed by atoms with E-state index in [4.69, 9.17) is 0 Å². The van der Waals surface area contributed by atoms with Gasteiger partial charge in [-0.1, -0.05) is 11.8 Å². The number of carbonyl (C=O) groups is 2. The van der Waals surface area contributed by atoms with Gasteiger partial charge in [0.1, 0.15) is 5.03 Å². The SMILES string of the molecule is CC(=O)c1c(SCC(=O)N(C)C)nc(=O)[nH]c1C. The van der Waals surface area contributed by atoms with Gasteiger partial charge in [0.05, 0.1) is 11.3 Å². The Labute approximate surface area is 109 Å². The van der Waals surface area contributed by atoms with Crippen LogP contribution in [0.2, 0.25) is 0 Å². The van der Waals surface area contributed by atoms with Gasteiger partial charge >= 0.3 is 5.69 Å². The molecule has 98 valence electrons. The quantitative estimate of drug-likeness (QED) is 0.488. The molecule has 1 heterocycles. The predicted octanol–water partition coefficient (Wildman–Crippen LogP) is 0.461. The highest BCUT2D eigenvalue weighted by Gasteiger charge is 2.16. The average molecular weight is 269 g/mol. The number of thioether (sulfide) groups is 1. The van der Waals surface area contributed by atoms with Crippen LogP contribution in [0.15, 0.2) is 9.82 Å². The number of carbonyl (C=O) groups excluding carboxylic acids is 2. The third-order valence-corrected chi connectivity index (χ3v) is 3.23. The van der Waals surface area contributed by atoms with Gasteiger partial charge in [-0.3, -0.25) is 9.59 Å². The zero-order valence-electron chi connectivity index (χ0n) is 10.7. The van der Waals surface area contributed by atoms with Gasteiger partial charge in [0.25, 0.3) is 0 Å². The lowest BCUT2D eigenvalue weighted by atomic mass is 10.2. The number of nitrogens with one attached hydrogen (secondary N) is 1. The van der Waals surface area contributed by atoms with Crippen LogP contribution in [0.4, 0.5) is 0 Å². The summed E-state index contributed by atoms with van der Waals surface area (Å²) in [5.74, 6) is -0.145. The maximum Gasteiger partial charge on any atom is 0.346 e. The van der Waals surface area contributed by atoms with Crippen LogP contribution in [0.5, 0.6) is 0 Å². The molecule has 0 saturated carbocycles. The minimum absolute atomic E-state index is 0.103. The molecular formula is C11H15N3O3S. The number of nitrogens with zero attached hydrogens (tertiary/aromatic N) is 2. The van der Waals surface area contributed by atoms with Crippen LogP contribution >= 0.6 is 11.8 Å². The van der Waals surface area contributed by atoms with Crippen LogP contribution in [0.25, 0.3) is 0 Å². The number of Topliss-reactive ketones (excluding diaryl/α,β-unsaturated/α-hetero) is 1. The van der Waals surface area contributed by atoms with E-state index < -0.39 is 5.69 Å². The van der Waals surface area contributed by atoms with Crippen molar-refractivity contribution in [2.24, 2.45) is 0 Å². The lowest BCUT2D eigenvalue weighted by Gasteiger charge is -2.11. The molecular weight excluding hydrogens is 254 g/mol. The second-order valence-electron chi connectivity index (χ2n) is 3.98. The first-order valence-electron chi connectivity index (χ1n) is 5.27. The average Bonchev–Trinajstić information content (AvgIpc) is 2.23. The van der Waals surface area contributed by atoms with E-state index in [-0.39, 0.29) is 17.4 Å². The van der Waals surface area contributed by atoms with Gasteiger partial charge in [-0.15, -0.1) is 0 Å². The van der Waals surface area contributed by atoms with Crippen molar-refractivity contribution in [3.05, 3.63) is 21.7 Å². The smallest absolute Gasteiger partial charge is 0.346 e. The molecule has 0 aliphatic carbocycles. The topological polar surface area (TPSA) is 83.1 Å². The molecule has 18 heavy (non-hydrogen) atoms. The third kappa shape index (κ3) is 3.43. The molecule has 0 radical (unpaired) electrons. The summed E-state index contributed by atoms with van der Waals surface area (Å²) in [5, 5.41) is 0.305. The Morgan fingerprint density at radius 1 is 1.39 bits per heavy atom. The van der Waals surface area contributed by atoms with E-state index in [2.05, 4.69) is 9.97 Å². The fourth-order valence-electron chi connectivity index (χ4n) is 1.34. The van der Waals surface area contributed by atoms with Crippen molar-refractivity contribution in [3.63, 3.8) is 0 Å². The molecule has 0 aliphatic rings. The van der Waals surface area contributed by atoms with Crippen molar-refractivity contribution < 1.29 is 9.59 Å². The number of hydrogen-bond donors (Lipinski definition) is 1. The molecule has 1 N–H and O–H groups in total. The molecule has 1 rings (SSSR count). The standard InChI is InChI=1S/C11H15N3O3S/c1-6-9(7(2)15)10(13-11(17)12-6)18-5-8(16)14(3)4/h5H2,1-4H3,(H,12,13,17). The Kier molecular flexibility index (Phi) is 4.66. The van der Waals surface area contributed by atoms with Crippen LogP contribution < -0.4 is 5.69 Å². The summed E-state index contributed by atoms with van der Waals surface area (Å²) in [6.07, 6.45) is 0. The third-order valence-electron chi connectivity index (χ3n) is 2.27. The first-order chi connectivity index (χ1) is 8.32. The molecule has 1 amide bonds. The Hall–Kier alpha value is -1.63. The summed E-state index contributed by atoms with van der Waals surface area (Å²) in [4.78, 5) is 41.9. The minimum Gasteiger partial charge on any atom is -0.348 e. The molecule has 0 spiro atoms. The highest BCUT2D eigenvalue weighted by Crippen LogP contribution is 2.21. The Morgan fingerprint density at radius 3 is 2.50 bits per heavy atom. The second-order valence-corrected chi connectivity index (χ2v) is 4.94. The van der Waals surface area contributed by atoms with E-state index in [1.165, 1.54) is 11.8 Å². The summed E-state index contributed by atoms with van der Waals surface area (Å²) < 4.78 is 0. The van der Waals surface area contributed by atoms with Gasteiger partial charge < -0.3 is 9.88 Å². The molecule has 1 aromatic heterocycles. The normalized spacial score (nSPS) is 10.2. The Morgan fingerprint density at radius 2 is 2.00 bits per heavy atom. The van der Waals surface area contributed by atoms with Gasteiger partial charge in [0.2, 0.25) is 5.91 Å². The van der Waals surface area contributed by atoms with Crippen molar-refractivity contribution >= 4 is 23.5 Å². The summed E-state index contributed by atoms with van der Waals surface area (Å²) >= 11 is 1.10. The number of ketones is 1. The number of aryl methyl sites for hydroxylation is 1. The van der Waals surface area contributed by atoms with Crippen LogP contribution in [0.3, 0.4) is 0 Å². The van der Waals surface area contributed by atoms with Crippen molar-refractivity contribution in [1.29, 1.82) is 0 Å². The van der Waals surface area contributed by atoms with Gasteiger partial charge in [0, 0.05) is 19.8 Å². The Balaban J connectivity index is 3.04. The van der Waals surface area contributed by atoms with E-state index in [1.54, 1.807) is 21.0 Å². The van der Waals surface area contributed by atoms with E-state index in [0.29, 0.717) is 16.3 Å². The second kappa shape index (κ2) is 5.81. The monoisotopic (exact) mass is 269 g/mol. The molecule has 7 heteroatoms. The summed E-state index contributed by atoms with van der Waals surface area (Å²) in [6.45, 7) is 3.04. The molecule has 0 atom stereocenters. The van der Waals surface area contributed by atoms with Crippen LogP contribution in [-0.4, -0.2) is 46.4 Å². The van der Waals surface area contributed by atoms with Gasteiger partial charge in [-0.2, -0.15) is 4.98 Å². The number of aromatic amines is 1. The van der Waals surface area contributed by atoms with Crippen molar-refractivity contribution in [2.45, 2.75) is 18.9 Å². The van der Waals surface area contributed by atoms with Crippen LogP contribution in [0.1, 0.15) is 23.0 Å². The fraction of sp³-hybridized carbons (Fsp3) is 0.455. The zero-order chi connectivity index (χ0) is 13.9. The van der Waals surface area contributed by atoms with Gasteiger partial charge in [-0.25, -0.2) is 4.79 Å². The van der Waals surface area contributed by atoms with E-state index in [0.717, 1.165) is 11.8 Å². The molecule has 0 aliphatic heterocycles. The van der Waals surface area contributed by atoms with E-state index in [1.807, 2.05) is 0 Å².